The van der Waals surface area contributed by atoms with Gasteiger partial charge in [0.25, 0.3) is 0 Å². The third-order valence-corrected chi connectivity index (χ3v) is 4.27. The average molecular weight is 346 g/mol. The van der Waals surface area contributed by atoms with Gasteiger partial charge < -0.3 is 15.4 Å². The van der Waals surface area contributed by atoms with Crippen LogP contribution in [0.25, 0.3) is 11.0 Å². The van der Waals surface area contributed by atoms with E-state index in [2.05, 4.69) is 15.1 Å². The number of benzene rings is 1. The lowest BCUT2D eigenvalue weighted by atomic mass is 10.1. The molecule has 2 aromatic heterocycles. The van der Waals surface area contributed by atoms with Crippen LogP contribution in [0.15, 0.2) is 24.4 Å². The minimum atomic E-state index is -0.630. The highest BCUT2D eigenvalue weighted by Crippen LogP contribution is 2.28. The number of nitrogens with two attached hydrogens (primary N) is 1. The molecule has 0 spiro atoms. The molecule has 1 aromatic carbocycles. The van der Waals surface area contributed by atoms with Gasteiger partial charge in [0.1, 0.15) is 23.6 Å². The molecular weight excluding hydrogens is 330 g/mol. The molecule has 1 aliphatic heterocycles. The number of rotatable bonds is 2. The van der Waals surface area contributed by atoms with Crippen molar-refractivity contribution >= 4 is 22.8 Å². The van der Waals surface area contributed by atoms with Crippen molar-refractivity contribution in [3.8, 4) is 0 Å². The molecule has 0 saturated carbocycles. The third-order valence-electron chi connectivity index (χ3n) is 4.27. The summed E-state index contributed by atoms with van der Waals surface area (Å²) < 4.78 is 34.4. The first kappa shape index (κ1) is 15.7. The van der Waals surface area contributed by atoms with Gasteiger partial charge in [0.15, 0.2) is 5.65 Å². The van der Waals surface area contributed by atoms with E-state index >= 15 is 0 Å². The second kappa shape index (κ2) is 5.92. The summed E-state index contributed by atoms with van der Waals surface area (Å²) in [5.74, 6) is -0.477. The molecule has 130 valence electrons. The molecular formula is C16H16F2N6O. The SMILES string of the molecule is Cn1ncc2c(N)nc(N3CCOC(c4ccc(F)cc4F)C3)nc21. The summed E-state index contributed by atoms with van der Waals surface area (Å²) in [5.41, 5.74) is 6.93. The molecule has 4 rings (SSSR count). The van der Waals surface area contributed by atoms with Crippen molar-refractivity contribution in [2.24, 2.45) is 7.05 Å². The lowest BCUT2D eigenvalue weighted by Gasteiger charge is -2.33. The van der Waals surface area contributed by atoms with Crippen LogP contribution < -0.4 is 10.6 Å². The first-order valence-corrected chi connectivity index (χ1v) is 7.79. The van der Waals surface area contributed by atoms with E-state index in [4.69, 9.17) is 10.5 Å². The second-order valence-electron chi connectivity index (χ2n) is 5.89. The Hall–Kier alpha value is -2.81. The molecule has 3 aromatic rings. The number of morpholine rings is 1. The van der Waals surface area contributed by atoms with Crippen molar-refractivity contribution in [2.45, 2.75) is 6.10 Å². The van der Waals surface area contributed by atoms with Crippen LogP contribution in [0.3, 0.4) is 0 Å². The maximum absolute atomic E-state index is 14.0. The molecule has 9 heteroatoms. The highest BCUT2D eigenvalue weighted by atomic mass is 19.1. The van der Waals surface area contributed by atoms with E-state index in [1.807, 2.05) is 4.90 Å². The van der Waals surface area contributed by atoms with E-state index in [0.717, 1.165) is 6.07 Å². The number of aromatic nitrogens is 4. The summed E-state index contributed by atoms with van der Waals surface area (Å²) in [6.45, 7) is 1.25. The molecule has 1 fully saturated rings. The maximum atomic E-state index is 14.0. The monoisotopic (exact) mass is 346 g/mol. The number of hydrogen-bond acceptors (Lipinski definition) is 6. The molecule has 0 bridgehead atoms. The van der Waals surface area contributed by atoms with Crippen LogP contribution in [-0.2, 0) is 11.8 Å². The average Bonchev–Trinajstić information content (AvgIpc) is 2.97. The lowest BCUT2D eigenvalue weighted by molar-refractivity contribution is 0.0369. The quantitative estimate of drug-likeness (QED) is 0.762. The van der Waals surface area contributed by atoms with Crippen LogP contribution in [0.1, 0.15) is 11.7 Å². The molecule has 1 saturated heterocycles. The number of anilines is 2. The van der Waals surface area contributed by atoms with Gasteiger partial charge in [-0.2, -0.15) is 15.1 Å². The van der Waals surface area contributed by atoms with Gasteiger partial charge in [-0.3, -0.25) is 4.68 Å². The minimum Gasteiger partial charge on any atom is -0.383 e. The van der Waals surface area contributed by atoms with Gasteiger partial charge in [-0.05, 0) is 6.07 Å². The van der Waals surface area contributed by atoms with E-state index in [0.29, 0.717) is 48.1 Å². The Morgan fingerprint density at radius 2 is 2.12 bits per heavy atom. The minimum absolute atomic E-state index is 0.306. The van der Waals surface area contributed by atoms with Gasteiger partial charge >= 0.3 is 0 Å². The molecule has 0 amide bonds. The summed E-state index contributed by atoms with van der Waals surface area (Å²) in [6, 6.07) is 3.48. The Labute approximate surface area is 142 Å². The van der Waals surface area contributed by atoms with Crippen LogP contribution in [0, 0.1) is 11.6 Å². The number of ether oxygens (including phenoxy) is 1. The Bertz CT molecular complexity index is 944. The number of hydrogen-bond donors (Lipinski definition) is 1. The zero-order valence-electron chi connectivity index (χ0n) is 13.5. The standard InChI is InChI=1S/C16H16F2N6O/c1-23-15-11(7-20-23)14(19)21-16(22-15)24-4-5-25-13(8-24)10-3-2-9(17)6-12(10)18/h2-3,6-7,13H,4-5,8H2,1H3,(H2,19,21,22). The first-order chi connectivity index (χ1) is 12.0. The fourth-order valence-corrected chi connectivity index (χ4v) is 2.96. The van der Waals surface area contributed by atoms with Gasteiger partial charge in [0.2, 0.25) is 5.95 Å². The highest BCUT2D eigenvalue weighted by molar-refractivity contribution is 5.86. The molecule has 25 heavy (non-hydrogen) atoms. The van der Waals surface area contributed by atoms with E-state index in [9.17, 15) is 8.78 Å². The Morgan fingerprint density at radius 1 is 1.28 bits per heavy atom. The largest absolute Gasteiger partial charge is 0.383 e. The molecule has 1 atom stereocenters. The van der Waals surface area contributed by atoms with Gasteiger partial charge in [0.05, 0.1) is 24.7 Å². The predicted molar refractivity (Wildman–Crippen MR) is 88.0 cm³/mol. The summed E-state index contributed by atoms with van der Waals surface area (Å²) in [7, 11) is 1.77. The van der Waals surface area contributed by atoms with Crippen molar-refractivity contribution < 1.29 is 13.5 Å². The van der Waals surface area contributed by atoms with Crippen molar-refractivity contribution in [1.29, 1.82) is 0 Å². The number of nitrogen functional groups attached to an aromatic ring is 1. The Morgan fingerprint density at radius 3 is 2.92 bits per heavy atom. The fourth-order valence-electron chi connectivity index (χ4n) is 2.96. The normalized spacial score (nSPS) is 18.0. The lowest BCUT2D eigenvalue weighted by Crippen LogP contribution is -2.39. The molecule has 3 heterocycles. The van der Waals surface area contributed by atoms with E-state index in [-0.39, 0.29) is 0 Å². The maximum Gasteiger partial charge on any atom is 0.229 e. The van der Waals surface area contributed by atoms with E-state index < -0.39 is 17.7 Å². The smallest absolute Gasteiger partial charge is 0.229 e. The van der Waals surface area contributed by atoms with Gasteiger partial charge in [-0.25, -0.2) is 8.78 Å². The van der Waals surface area contributed by atoms with Crippen molar-refractivity contribution in [1.82, 2.24) is 19.7 Å². The number of fused-ring (bicyclic) bond motifs is 1. The number of halogens is 2. The summed E-state index contributed by atoms with van der Waals surface area (Å²) in [4.78, 5) is 10.7. The predicted octanol–water partition coefficient (Wildman–Crippen LogP) is 1.80. The van der Waals surface area contributed by atoms with Gasteiger partial charge in [-0.15, -0.1) is 0 Å². The van der Waals surface area contributed by atoms with E-state index in [1.165, 1.54) is 12.1 Å². The van der Waals surface area contributed by atoms with Crippen molar-refractivity contribution in [3.63, 3.8) is 0 Å². The fraction of sp³-hybridized carbons (Fsp3) is 0.312. The molecule has 1 aliphatic rings. The van der Waals surface area contributed by atoms with Crippen LogP contribution in [0.4, 0.5) is 20.5 Å². The Balaban J connectivity index is 1.66. The van der Waals surface area contributed by atoms with Crippen molar-refractivity contribution in [3.05, 3.63) is 41.6 Å². The summed E-state index contributed by atoms with van der Waals surface area (Å²) >= 11 is 0. The molecule has 7 nitrogen and oxygen atoms in total. The molecule has 0 radical (unpaired) electrons. The number of aryl methyl sites for hydroxylation is 1. The zero-order chi connectivity index (χ0) is 17.6. The molecule has 1 unspecified atom stereocenters. The van der Waals surface area contributed by atoms with Gasteiger partial charge in [0, 0.05) is 25.2 Å². The topological polar surface area (TPSA) is 82.1 Å². The van der Waals surface area contributed by atoms with Gasteiger partial charge in [-0.1, -0.05) is 6.07 Å². The molecule has 0 aliphatic carbocycles. The highest BCUT2D eigenvalue weighted by Gasteiger charge is 2.27. The molecule has 2 N–H and O–H groups in total. The first-order valence-electron chi connectivity index (χ1n) is 7.79. The Kier molecular flexibility index (Phi) is 3.72. The van der Waals surface area contributed by atoms with Crippen LogP contribution in [0.2, 0.25) is 0 Å². The van der Waals surface area contributed by atoms with Crippen LogP contribution in [0.5, 0.6) is 0 Å². The zero-order valence-corrected chi connectivity index (χ0v) is 13.5. The second-order valence-corrected chi connectivity index (χ2v) is 5.89. The van der Waals surface area contributed by atoms with Crippen LogP contribution in [-0.4, -0.2) is 39.4 Å². The third kappa shape index (κ3) is 2.76. The number of nitrogens with zero attached hydrogens (tertiary/aromatic N) is 5. The van der Waals surface area contributed by atoms with Crippen molar-refractivity contribution in [2.75, 3.05) is 30.3 Å². The summed E-state index contributed by atoms with van der Waals surface area (Å²) in [6.07, 6.45) is 1.08. The van der Waals surface area contributed by atoms with E-state index in [1.54, 1.807) is 17.9 Å². The summed E-state index contributed by atoms with van der Waals surface area (Å²) in [5, 5.41) is 4.81. The van der Waals surface area contributed by atoms with Crippen LogP contribution >= 0.6 is 0 Å².